The number of hydrogen-bond donors (Lipinski definition) is 2. The number of anilines is 1. The molecule has 0 atom stereocenters. The molecule has 2 aromatic rings. The minimum absolute atomic E-state index is 0.0643. The predicted molar refractivity (Wildman–Crippen MR) is 78.6 cm³/mol. The summed E-state index contributed by atoms with van der Waals surface area (Å²) in [7, 11) is -2.36. The van der Waals surface area contributed by atoms with Gasteiger partial charge in [0, 0.05) is 18.9 Å². The van der Waals surface area contributed by atoms with Gasteiger partial charge in [0.2, 0.25) is 0 Å². The molecule has 0 unspecified atom stereocenters. The lowest BCUT2D eigenvalue weighted by molar-refractivity contribution is 0.272. The lowest BCUT2D eigenvalue weighted by Crippen LogP contribution is -2.13. The topological polar surface area (TPSA) is 71.3 Å². The number of rotatable bonds is 4. The Hall–Kier alpha value is -1.28. The van der Waals surface area contributed by atoms with Gasteiger partial charge in [-0.1, -0.05) is 23.2 Å². The first-order valence-corrected chi connectivity index (χ1v) is 7.92. The molecule has 1 aromatic carbocycles. The van der Waals surface area contributed by atoms with Crippen LogP contribution in [-0.4, -0.2) is 18.1 Å². The standard InChI is InChI=1S/C12H11Cl2FN2O3S/c1-17-5-9(4-8(17)6-18)21(19,20)16-12-10(13)2-7(15)3-11(12)14/h2-5,16,18H,6H2,1H3. The van der Waals surface area contributed by atoms with Crippen molar-refractivity contribution in [1.29, 1.82) is 0 Å². The maximum atomic E-state index is 13.1. The molecule has 0 bridgehead atoms. The zero-order chi connectivity index (χ0) is 15.8. The highest BCUT2D eigenvalue weighted by Crippen LogP contribution is 2.33. The Morgan fingerprint density at radius 3 is 2.33 bits per heavy atom. The van der Waals surface area contributed by atoms with Crippen molar-refractivity contribution >= 4 is 38.9 Å². The number of benzene rings is 1. The van der Waals surface area contributed by atoms with Gasteiger partial charge in [0.05, 0.1) is 22.3 Å². The number of aromatic nitrogens is 1. The fourth-order valence-corrected chi connectivity index (χ4v) is 3.58. The van der Waals surface area contributed by atoms with Gasteiger partial charge in [0.15, 0.2) is 0 Å². The van der Waals surface area contributed by atoms with Gasteiger partial charge in [-0.3, -0.25) is 4.72 Å². The van der Waals surface area contributed by atoms with Gasteiger partial charge in [-0.15, -0.1) is 0 Å². The minimum Gasteiger partial charge on any atom is -0.390 e. The van der Waals surface area contributed by atoms with E-state index in [1.54, 1.807) is 7.05 Å². The molecule has 0 spiro atoms. The van der Waals surface area contributed by atoms with Crippen molar-refractivity contribution in [3.05, 3.63) is 46.0 Å². The molecule has 0 saturated heterocycles. The molecular formula is C12H11Cl2FN2O3S. The number of aliphatic hydroxyl groups is 1. The Morgan fingerprint density at radius 1 is 1.29 bits per heavy atom. The molecule has 2 rings (SSSR count). The van der Waals surface area contributed by atoms with E-state index < -0.39 is 15.8 Å². The van der Waals surface area contributed by atoms with Gasteiger partial charge in [-0.05, 0) is 18.2 Å². The fourth-order valence-electron chi connectivity index (χ4n) is 1.71. The molecule has 5 nitrogen and oxygen atoms in total. The highest BCUT2D eigenvalue weighted by Gasteiger charge is 2.20. The van der Waals surface area contributed by atoms with Gasteiger partial charge in [0.25, 0.3) is 10.0 Å². The third-order valence-corrected chi connectivity index (χ3v) is 4.71. The van der Waals surface area contributed by atoms with Crippen molar-refractivity contribution in [3.8, 4) is 0 Å². The average Bonchev–Trinajstić information content (AvgIpc) is 2.76. The molecule has 0 aliphatic carbocycles. The number of halogens is 3. The lowest BCUT2D eigenvalue weighted by Gasteiger charge is -2.10. The second-order valence-corrected chi connectivity index (χ2v) is 6.78. The van der Waals surface area contributed by atoms with Crippen molar-refractivity contribution in [2.24, 2.45) is 7.05 Å². The summed E-state index contributed by atoms with van der Waals surface area (Å²) in [5.74, 6) is -0.671. The number of nitrogens with one attached hydrogen (secondary N) is 1. The molecule has 0 amide bonds. The van der Waals surface area contributed by atoms with Crippen molar-refractivity contribution in [2.45, 2.75) is 11.5 Å². The van der Waals surface area contributed by atoms with Crippen LogP contribution in [0.1, 0.15) is 5.69 Å². The quantitative estimate of drug-likeness (QED) is 0.888. The van der Waals surface area contributed by atoms with Crippen LogP contribution in [-0.2, 0) is 23.7 Å². The van der Waals surface area contributed by atoms with E-state index in [0.29, 0.717) is 5.69 Å². The SMILES string of the molecule is Cn1cc(S(=O)(=O)Nc2c(Cl)cc(F)cc2Cl)cc1CO. The molecule has 0 radical (unpaired) electrons. The molecule has 0 aliphatic heterocycles. The zero-order valence-electron chi connectivity index (χ0n) is 10.8. The Bertz CT molecular complexity index is 767. The smallest absolute Gasteiger partial charge is 0.263 e. The molecule has 114 valence electrons. The number of aryl methyl sites for hydroxylation is 1. The van der Waals surface area contributed by atoms with Gasteiger partial charge >= 0.3 is 0 Å². The summed E-state index contributed by atoms with van der Waals surface area (Å²) < 4.78 is 41.3. The summed E-state index contributed by atoms with van der Waals surface area (Å²) in [6.45, 7) is -0.302. The molecule has 1 heterocycles. The summed E-state index contributed by atoms with van der Waals surface area (Å²) in [5.41, 5.74) is 0.320. The van der Waals surface area contributed by atoms with Crippen LogP contribution in [0.15, 0.2) is 29.3 Å². The van der Waals surface area contributed by atoms with E-state index in [-0.39, 0.29) is 27.2 Å². The monoisotopic (exact) mass is 352 g/mol. The molecule has 0 fully saturated rings. The number of sulfonamides is 1. The van der Waals surface area contributed by atoms with E-state index in [0.717, 1.165) is 12.1 Å². The summed E-state index contributed by atoms with van der Waals surface area (Å²) in [6.07, 6.45) is 1.33. The van der Waals surface area contributed by atoms with Crippen molar-refractivity contribution < 1.29 is 17.9 Å². The van der Waals surface area contributed by atoms with Crippen LogP contribution in [0.2, 0.25) is 10.0 Å². The lowest BCUT2D eigenvalue weighted by atomic mass is 10.3. The summed E-state index contributed by atoms with van der Waals surface area (Å²) >= 11 is 11.6. The fraction of sp³-hybridized carbons (Fsp3) is 0.167. The van der Waals surface area contributed by atoms with Crippen LogP contribution in [0.5, 0.6) is 0 Å². The third-order valence-electron chi connectivity index (χ3n) is 2.80. The Morgan fingerprint density at radius 2 is 1.86 bits per heavy atom. The number of nitrogens with zero attached hydrogens (tertiary/aromatic N) is 1. The van der Waals surface area contributed by atoms with Crippen LogP contribution in [0.4, 0.5) is 10.1 Å². The first-order valence-electron chi connectivity index (χ1n) is 5.68. The predicted octanol–water partition coefficient (Wildman–Crippen LogP) is 2.76. The average molecular weight is 353 g/mol. The highest BCUT2D eigenvalue weighted by atomic mass is 35.5. The zero-order valence-corrected chi connectivity index (χ0v) is 13.1. The highest BCUT2D eigenvalue weighted by molar-refractivity contribution is 7.92. The maximum Gasteiger partial charge on any atom is 0.263 e. The Kier molecular flexibility index (Phi) is 4.48. The largest absolute Gasteiger partial charge is 0.390 e. The van der Waals surface area contributed by atoms with Crippen molar-refractivity contribution in [3.63, 3.8) is 0 Å². The van der Waals surface area contributed by atoms with E-state index in [1.165, 1.54) is 16.8 Å². The third kappa shape index (κ3) is 3.32. The molecule has 1 aromatic heterocycles. The van der Waals surface area contributed by atoms with E-state index in [9.17, 15) is 12.8 Å². The normalized spacial score (nSPS) is 11.7. The Balaban J connectivity index is 2.42. The first-order chi connectivity index (χ1) is 9.74. The van der Waals surface area contributed by atoms with Crippen LogP contribution in [0, 0.1) is 5.82 Å². The van der Waals surface area contributed by atoms with Crippen LogP contribution in [0.25, 0.3) is 0 Å². The summed E-state index contributed by atoms with van der Waals surface area (Å²) in [6, 6.07) is 3.22. The van der Waals surface area contributed by atoms with E-state index in [4.69, 9.17) is 28.3 Å². The number of hydrogen-bond acceptors (Lipinski definition) is 3. The maximum absolute atomic E-state index is 13.1. The van der Waals surface area contributed by atoms with Crippen LogP contribution < -0.4 is 4.72 Å². The second kappa shape index (κ2) is 5.84. The van der Waals surface area contributed by atoms with E-state index >= 15 is 0 Å². The number of aliphatic hydroxyl groups excluding tert-OH is 1. The molecule has 0 aliphatic rings. The molecule has 0 saturated carbocycles. The molecule has 9 heteroatoms. The van der Waals surface area contributed by atoms with Crippen molar-refractivity contribution in [1.82, 2.24) is 4.57 Å². The first kappa shape index (κ1) is 16.1. The van der Waals surface area contributed by atoms with Crippen molar-refractivity contribution in [2.75, 3.05) is 4.72 Å². The van der Waals surface area contributed by atoms with Crippen LogP contribution in [0.3, 0.4) is 0 Å². The van der Waals surface area contributed by atoms with Gasteiger partial charge in [-0.2, -0.15) is 0 Å². The summed E-state index contributed by atoms with van der Waals surface area (Å²) in [4.78, 5) is -0.0643. The Labute approximate surface area is 131 Å². The van der Waals surface area contributed by atoms with Gasteiger partial charge in [0.1, 0.15) is 10.7 Å². The molecule has 21 heavy (non-hydrogen) atoms. The summed E-state index contributed by atoms with van der Waals surface area (Å²) in [5, 5.41) is 8.78. The molecule has 2 N–H and O–H groups in total. The van der Waals surface area contributed by atoms with Gasteiger partial charge in [-0.25, -0.2) is 12.8 Å². The van der Waals surface area contributed by atoms with Crippen LogP contribution >= 0.6 is 23.2 Å². The molecular weight excluding hydrogens is 342 g/mol. The van der Waals surface area contributed by atoms with Gasteiger partial charge < -0.3 is 9.67 Å². The second-order valence-electron chi connectivity index (χ2n) is 4.29. The van der Waals surface area contributed by atoms with E-state index in [2.05, 4.69) is 4.72 Å². The van der Waals surface area contributed by atoms with E-state index in [1.807, 2.05) is 0 Å². The minimum atomic E-state index is -3.96.